The first-order chi connectivity index (χ1) is 11.9. The summed E-state index contributed by atoms with van der Waals surface area (Å²) in [6.07, 6.45) is 3.84. The number of allylic oxidation sites excluding steroid dienone is 2. The van der Waals surface area contributed by atoms with Crippen molar-refractivity contribution in [3.05, 3.63) is 51.6 Å². The summed E-state index contributed by atoms with van der Waals surface area (Å²) in [7, 11) is 1.28. The summed E-state index contributed by atoms with van der Waals surface area (Å²) in [6, 6.07) is 1.61. The molecule has 0 saturated heterocycles. The molecule has 3 aliphatic carbocycles. The lowest BCUT2D eigenvalue weighted by atomic mass is 9.74. The molecular formula is C19H18O6. The van der Waals surface area contributed by atoms with Gasteiger partial charge in [0, 0.05) is 36.7 Å². The molecule has 1 aromatic rings. The van der Waals surface area contributed by atoms with Crippen molar-refractivity contribution in [2.75, 3.05) is 7.11 Å². The van der Waals surface area contributed by atoms with Gasteiger partial charge in [0.05, 0.1) is 17.2 Å². The number of carbonyl (C=O) groups is 2. The van der Waals surface area contributed by atoms with Gasteiger partial charge in [0.2, 0.25) is 0 Å². The highest BCUT2D eigenvalue weighted by atomic mass is 16.6. The number of phenolic OH excluding ortho intramolecular Hbond substituents is 1. The highest BCUT2D eigenvalue weighted by molar-refractivity contribution is 6.29. The molecule has 25 heavy (non-hydrogen) atoms. The Morgan fingerprint density at radius 3 is 2.76 bits per heavy atom. The molecule has 6 heteroatoms. The number of aryl methyl sites for hydroxylation is 1. The number of aliphatic hydroxyl groups is 2. The number of aliphatic hydroxyl groups excluding tert-OH is 1. The number of hydrogen-bond acceptors (Lipinski definition) is 6. The van der Waals surface area contributed by atoms with Crippen molar-refractivity contribution in [3.8, 4) is 5.75 Å². The SMILES string of the molecule is COC1(O)CC=CC2=C1C(=O)c1cc3c(c(O)c1C2=O)CC(O)CC3. The fourth-order valence-electron chi connectivity index (χ4n) is 3.96. The summed E-state index contributed by atoms with van der Waals surface area (Å²) in [6.45, 7) is 0. The van der Waals surface area contributed by atoms with Crippen molar-refractivity contribution < 1.29 is 29.6 Å². The summed E-state index contributed by atoms with van der Waals surface area (Å²) in [5, 5.41) is 31.1. The van der Waals surface area contributed by atoms with Gasteiger partial charge in [-0.3, -0.25) is 9.59 Å². The molecule has 0 bridgehead atoms. The Labute approximate surface area is 144 Å². The lowest BCUT2D eigenvalue weighted by molar-refractivity contribution is -0.150. The molecule has 3 aliphatic rings. The summed E-state index contributed by atoms with van der Waals surface area (Å²) in [5.74, 6) is -3.12. The van der Waals surface area contributed by atoms with Gasteiger partial charge >= 0.3 is 0 Å². The van der Waals surface area contributed by atoms with Crippen LogP contribution in [0.25, 0.3) is 0 Å². The predicted molar refractivity (Wildman–Crippen MR) is 87.5 cm³/mol. The number of aromatic hydroxyl groups is 1. The van der Waals surface area contributed by atoms with Gasteiger partial charge in [0.25, 0.3) is 0 Å². The van der Waals surface area contributed by atoms with Crippen LogP contribution in [0.3, 0.4) is 0 Å². The van der Waals surface area contributed by atoms with Gasteiger partial charge in [-0.1, -0.05) is 12.2 Å². The number of Topliss-reactive ketones (excluding diaryl/α,β-unsaturated/α-hetero) is 2. The molecule has 0 radical (unpaired) electrons. The van der Waals surface area contributed by atoms with Crippen LogP contribution in [0.5, 0.6) is 5.75 Å². The number of methoxy groups -OCH3 is 1. The third kappa shape index (κ3) is 2.15. The van der Waals surface area contributed by atoms with Crippen LogP contribution < -0.4 is 0 Å². The van der Waals surface area contributed by atoms with Crippen molar-refractivity contribution in [3.63, 3.8) is 0 Å². The van der Waals surface area contributed by atoms with Crippen LogP contribution in [0.4, 0.5) is 0 Å². The van der Waals surface area contributed by atoms with Gasteiger partial charge in [-0.2, -0.15) is 0 Å². The molecule has 2 unspecified atom stereocenters. The maximum absolute atomic E-state index is 13.0. The van der Waals surface area contributed by atoms with Gasteiger partial charge in [-0.25, -0.2) is 0 Å². The minimum Gasteiger partial charge on any atom is -0.507 e. The largest absolute Gasteiger partial charge is 0.507 e. The van der Waals surface area contributed by atoms with Gasteiger partial charge in [-0.15, -0.1) is 0 Å². The Morgan fingerprint density at radius 1 is 1.28 bits per heavy atom. The van der Waals surface area contributed by atoms with E-state index in [-0.39, 0.29) is 40.9 Å². The number of benzene rings is 1. The number of rotatable bonds is 1. The zero-order valence-corrected chi connectivity index (χ0v) is 13.7. The zero-order chi connectivity index (χ0) is 17.9. The Bertz CT molecular complexity index is 878. The van der Waals surface area contributed by atoms with Crippen LogP contribution in [0.15, 0.2) is 29.4 Å². The van der Waals surface area contributed by atoms with E-state index in [9.17, 15) is 24.9 Å². The highest BCUT2D eigenvalue weighted by Gasteiger charge is 2.46. The second-order valence-corrected chi connectivity index (χ2v) is 6.72. The molecule has 2 atom stereocenters. The van der Waals surface area contributed by atoms with E-state index in [4.69, 9.17) is 4.74 Å². The topological polar surface area (TPSA) is 104 Å². The molecule has 6 nitrogen and oxygen atoms in total. The zero-order valence-electron chi connectivity index (χ0n) is 13.7. The number of carbonyl (C=O) groups excluding carboxylic acids is 2. The van der Waals surface area contributed by atoms with Gasteiger partial charge in [0.15, 0.2) is 17.4 Å². The first-order valence-corrected chi connectivity index (χ1v) is 8.21. The second-order valence-electron chi connectivity index (χ2n) is 6.72. The number of fused-ring (bicyclic) bond motifs is 2. The summed E-state index contributed by atoms with van der Waals surface area (Å²) < 4.78 is 5.12. The molecule has 0 amide bonds. The van der Waals surface area contributed by atoms with Gasteiger partial charge in [-0.05, 0) is 24.5 Å². The van der Waals surface area contributed by atoms with Crippen LogP contribution >= 0.6 is 0 Å². The number of ether oxygens (including phenoxy) is 1. The van der Waals surface area contributed by atoms with Gasteiger partial charge in [0.1, 0.15) is 5.75 Å². The lowest BCUT2D eigenvalue weighted by Crippen LogP contribution is -2.42. The minimum absolute atomic E-state index is 0.0414. The van der Waals surface area contributed by atoms with Crippen molar-refractivity contribution in [2.24, 2.45) is 0 Å². The molecule has 0 spiro atoms. The van der Waals surface area contributed by atoms with Crippen molar-refractivity contribution >= 4 is 11.6 Å². The molecule has 1 aromatic carbocycles. The molecule has 3 N–H and O–H groups in total. The Balaban J connectivity index is 1.96. The Morgan fingerprint density at radius 2 is 2.04 bits per heavy atom. The predicted octanol–water partition coefficient (Wildman–Crippen LogP) is 1.21. The van der Waals surface area contributed by atoms with E-state index in [1.54, 1.807) is 12.1 Å². The third-order valence-electron chi connectivity index (χ3n) is 5.30. The monoisotopic (exact) mass is 342 g/mol. The van der Waals surface area contributed by atoms with Crippen molar-refractivity contribution in [2.45, 2.75) is 37.6 Å². The van der Waals surface area contributed by atoms with Crippen molar-refractivity contribution in [1.29, 1.82) is 0 Å². The molecule has 0 heterocycles. The molecule has 130 valence electrons. The standard InChI is InChI=1S/C19H18O6/c1-25-19(24)6-2-3-11-15(19)18(23)13-7-9-4-5-10(20)8-12(9)17(22)14(13)16(11)21/h2-3,7,10,20,22,24H,4-6,8H2,1H3. The van der Waals surface area contributed by atoms with E-state index < -0.39 is 23.5 Å². The molecule has 0 fully saturated rings. The van der Waals surface area contributed by atoms with Crippen molar-refractivity contribution in [1.82, 2.24) is 0 Å². The minimum atomic E-state index is -1.85. The average Bonchev–Trinajstić information content (AvgIpc) is 2.60. The second kappa shape index (κ2) is 5.36. The molecule has 0 aliphatic heterocycles. The van der Waals surface area contributed by atoms with E-state index in [2.05, 4.69) is 0 Å². The smallest absolute Gasteiger partial charge is 0.200 e. The Hall–Kier alpha value is -2.28. The van der Waals surface area contributed by atoms with Crippen LogP contribution in [-0.2, 0) is 17.6 Å². The number of phenols is 1. The van der Waals surface area contributed by atoms with Crippen LogP contribution in [0.2, 0.25) is 0 Å². The number of ketones is 2. The molecular weight excluding hydrogens is 324 g/mol. The van der Waals surface area contributed by atoms with E-state index in [0.29, 0.717) is 18.4 Å². The summed E-state index contributed by atoms with van der Waals surface area (Å²) in [5.41, 5.74) is 1.26. The fraction of sp³-hybridized carbons (Fsp3) is 0.368. The maximum Gasteiger partial charge on any atom is 0.200 e. The average molecular weight is 342 g/mol. The quantitative estimate of drug-likeness (QED) is 0.663. The van der Waals surface area contributed by atoms with Crippen LogP contribution in [0.1, 0.15) is 44.7 Å². The first-order valence-electron chi connectivity index (χ1n) is 8.21. The fourth-order valence-corrected chi connectivity index (χ4v) is 3.96. The molecule has 4 rings (SSSR count). The van der Waals surface area contributed by atoms with E-state index >= 15 is 0 Å². The highest BCUT2D eigenvalue weighted by Crippen LogP contribution is 2.43. The lowest BCUT2D eigenvalue weighted by Gasteiger charge is -2.35. The molecule has 0 saturated carbocycles. The van der Waals surface area contributed by atoms with E-state index in [0.717, 1.165) is 5.56 Å². The third-order valence-corrected chi connectivity index (χ3v) is 5.30. The normalized spacial score (nSPS) is 27.9. The number of hydrogen-bond donors (Lipinski definition) is 3. The summed E-state index contributed by atoms with van der Waals surface area (Å²) >= 11 is 0. The van der Waals surface area contributed by atoms with E-state index in [1.807, 2.05) is 0 Å². The van der Waals surface area contributed by atoms with Gasteiger partial charge < -0.3 is 20.1 Å². The Kier molecular flexibility index (Phi) is 3.47. The maximum atomic E-state index is 13.0. The summed E-state index contributed by atoms with van der Waals surface area (Å²) in [4.78, 5) is 26.0. The van der Waals surface area contributed by atoms with Crippen LogP contribution in [-0.4, -0.2) is 45.9 Å². The molecule has 0 aromatic heterocycles. The first kappa shape index (κ1) is 16.2. The van der Waals surface area contributed by atoms with E-state index in [1.165, 1.54) is 13.2 Å². The van der Waals surface area contributed by atoms with Crippen LogP contribution in [0, 0.1) is 0 Å².